The van der Waals surface area contributed by atoms with Crippen molar-refractivity contribution in [1.82, 2.24) is 0 Å². The van der Waals surface area contributed by atoms with Crippen molar-refractivity contribution in [3.63, 3.8) is 0 Å². The lowest BCUT2D eigenvalue weighted by Crippen LogP contribution is -2.41. The fraction of sp³-hybridized carbons (Fsp3) is 0.556. The number of hydrogen-bond acceptors (Lipinski definition) is 3. The van der Waals surface area contributed by atoms with Gasteiger partial charge in [-0.2, -0.15) is 0 Å². The molecule has 1 fully saturated rings. The molecule has 176 valence electrons. The van der Waals surface area contributed by atoms with E-state index in [1.807, 2.05) is 48.5 Å². The topological polar surface area (TPSA) is 27.7 Å². The average Bonchev–Trinajstić information content (AvgIpc) is 2.75. The van der Waals surface area contributed by atoms with Crippen molar-refractivity contribution in [3.05, 3.63) is 65.7 Å². The average molecular weight is 459 g/mol. The predicted molar refractivity (Wildman–Crippen MR) is 131 cm³/mol. The fourth-order valence-corrected chi connectivity index (χ4v) is 4.79. The molecule has 1 aliphatic rings. The zero-order valence-corrected chi connectivity index (χ0v) is 21.3. The molecule has 0 aliphatic heterocycles. The number of alkyl halides is 1. The van der Waals surface area contributed by atoms with E-state index in [2.05, 4.69) is 39.9 Å². The molecule has 3 unspecified atom stereocenters. The molecule has 2 aromatic rings. The van der Waals surface area contributed by atoms with E-state index in [0.29, 0.717) is 26.1 Å². The van der Waals surface area contributed by atoms with E-state index >= 15 is 0 Å². The molecular formula is C27H39FO3Si. The minimum Gasteiger partial charge on any atom is -0.487 e. The minimum atomic E-state index is -1.78. The van der Waals surface area contributed by atoms with Crippen molar-refractivity contribution in [2.75, 3.05) is 6.61 Å². The van der Waals surface area contributed by atoms with Gasteiger partial charge in [-0.1, -0.05) is 69.3 Å². The third-order valence-corrected chi connectivity index (χ3v) is 11.4. The summed E-state index contributed by atoms with van der Waals surface area (Å²) in [6.07, 6.45) is 1.13. The summed E-state index contributed by atoms with van der Waals surface area (Å²) in [5.41, 5.74) is 2.20. The first-order valence-electron chi connectivity index (χ1n) is 11.8. The molecule has 32 heavy (non-hydrogen) atoms. The smallest absolute Gasteiger partial charge is 0.191 e. The van der Waals surface area contributed by atoms with Crippen LogP contribution in [0.25, 0.3) is 0 Å². The zero-order valence-electron chi connectivity index (χ0n) is 20.3. The summed E-state index contributed by atoms with van der Waals surface area (Å²) in [6.45, 7) is 12.5. The van der Waals surface area contributed by atoms with Crippen LogP contribution in [0.4, 0.5) is 4.39 Å². The lowest BCUT2D eigenvalue weighted by atomic mass is 9.93. The largest absolute Gasteiger partial charge is 0.487 e. The number of rotatable bonds is 9. The molecule has 3 rings (SSSR count). The Hall–Kier alpha value is -1.69. The van der Waals surface area contributed by atoms with Gasteiger partial charge in [0.2, 0.25) is 0 Å². The summed E-state index contributed by atoms with van der Waals surface area (Å²) in [7, 11) is -1.78. The highest BCUT2D eigenvalue weighted by molar-refractivity contribution is 6.74. The Kier molecular flexibility index (Phi) is 8.53. The number of halogens is 1. The molecule has 0 saturated heterocycles. The fourth-order valence-electron chi connectivity index (χ4n) is 3.75. The van der Waals surface area contributed by atoms with Gasteiger partial charge in [-0.25, -0.2) is 4.39 Å². The maximum atomic E-state index is 15.0. The second-order valence-corrected chi connectivity index (χ2v) is 15.2. The Morgan fingerprint density at radius 3 is 2.34 bits per heavy atom. The minimum absolute atomic E-state index is 0.0571. The van der Waals surface area contributed by atoms with E-state index in [9.17, 15) is 4.39 Å². The van der Waals surface area contributed by atoms with Gasteiger partial charge in [0.25, 0.3) is 0 Å². The summed E-state index contributed by atoms with van der Waals surface area (Å²) < 4.78 is 33.4. The van der Waals surface area contributed by atoms with E-state index in [4.69, 9.17) is 13.9 Å². The van der Waals surface area contributed by atoms with Gasteiger partial charge in [0, 0.05) is 13.0 Å². The van der Waals surface area contributed by atoms with Crippen molar-refractivity contribution in [2.45, 2.75) is 89.6 Å². The molecular weight excluding hydrogens is 419 g/mol. The van der Waals surface area contributed by atoms with Crippen LogP contribution in [0.1, 0.15) is 51.2 Å². The first-order valence-corrected chi connectivity index (χ1v) is 14.7. The van der Waals surface area contributed by atoms with Crippen LogP contribution in [0.5, 0.6) is 5.75 Å². The lowest BCUT2D eigenvalue weighted by molar-refractivity contribution is -0.0423. The Bertz CT molecular complexity index is 834. The number of hydrogen-bond donors (Lipinski definition) is 0. The Morgan fingerprint density at radius 1 is 0.969 bits per heavy atom. The SMILES string of the molecule is CC(C)(C)[Si](C)(C)OCCc1ccccc1OC1CCC(OCc2ccccc2)CC1F. The Balaban J connectivity index is 1.51. The molecule has 0 heterocycles. The lowest BCUT2D eigenvalue weighted by Gasteiger charge is -2.36. The summed E-state index contributed by atoms with van der Waals surface area (Å²) in [5, 5.41) is 0.186. The number of ether oxygens (including phenoxy) is 2. The van der Waals surface area contributed by atoms with Crippen LogP contribution in [0.2, 0.25) is 18.1 Å². The molecule has 3 atom stereocenters. The van der Waals surface area contributed by atoms with Crippen LogP contribution in [0.3, 0.4) is 0 Å². The molecule has 0 radical (unpaired) electrons. The third kappa shape index (κ3) is 6.90. The van der Waals surface area contributed by atoms with Crippen LogP contribution in [0, 0.1) is 0 Å². The van der Waals surface area contributed by atoms with Crippen LogP contribution in [-0.4, -0.2) is 33.3 Å². The third-order valence-electron chi connectivity index (χ3n) is 6.88. The summed E-state index contributed by atoms with van der Waals surface area (Å²) in [6, 6.07) is 18.0. The van der Waals surface area contributed by atoms with Gasteiger partial charge in [-0.15, -0.1) is 0 Å². The zero-order chi connectivity index (χ0) is 23.2. The summed E-state index contributed by atoms with van der Waals surface area (Å²) in [5.74, 6) is 0.780. The van der Waals surface area contributed by atoms with Crippen molar-refractivity contribution >= 4 is 8.32 Å². The molecule has 3 nitrogen and oxygen atoms in total. The maximum Gasteiger partial charge on any atom is 0.191 e. The monoisotopic (exact) mass is 458 g/mol. The van der Waals surface area contributed by atoms with E-state index in [0.717, 1.165) is 29.7 Å². The van der Waals surface area contributed by atoms with Gasteiger partial charge in [-0.05, 0) is 54.6 Å². The van der Waals surface area contributed by atoms with Gasteiger partial charge in [0.1, 0.15) is 18.0 Å². The van der Waals surface area contributed by atoms with Crippen molar-refractivity contribution < 1.29 is 18.3 Å². The van der Waals surface area contributed by atoms with E-state index in [1.165, 1.54) is 0 Å². The van der Waals surface area contributed by atoms with E-state index in [-0.39, 0.29) is 11.1 Å². The van der Waals surface area contributed by atoms with E-state index < -0.39 is 20.6 Å². The summed E-state index contributed by atoms with van der Waals surface area (Å²) >= 11 is 0. The van der Waals surface area contributed by atoms with Gasteiger partial charge in [0.15, 0.2) is 8.32 Å². The molecule has 5 heteroatoms. The molecule has 0 aromatic heterocycles. The second kappa shape index (κ2) is 11.0. The quantitative estimate of drug-likeness (QED) is 0.375. The second-order valence-electron chi connectivity index (χ2n) is 10.4. The van der Waals surface area contributed by atoms with Crippen LogP contribution < -0.4 is 4.74 Å². The first kappa shape index (κ1) is 24.9. The van der Waals surface area contributed by atoms with Gasteiger partial charge >= 0.3 is 0 Å². The predicted octanol–water partition coefficient (Wildman–Crippen LogP) is 7.11. The van der Waals surface area contributed by atoms with Crippen molar-refractivity contribution in [1.29, 1.82) is 0 Å². The van der Waals surface area contributed by atoms with Crippen molar-refractivity contribution in [2.24, 2.45) is 0 Å². The van der Waals surface area contributed by atoms with Crippen LogP contribution >= 0.6 is 0 Å². The molecule has 0 bridgehead atoms. The molecule has 1 saturated carbocycles. The highest BCUT2D eigenvalue weighted by atomic mass is 28.4. The molecule has 0 amide bonds. The summed E-state index contributed by atoms with van der Waals surface area (Å²) in [4.78, 5) is 0. The van der Waals surface area contributed by atoms with Gasteiger partial charge in [0.05, 0.1) is 12.7 Å². The number of benzene rings is 2. The molecule has 0 N–H and O–H groups in total. The molecule has 2 aromatic carbocycles. The number of para-hydroxylation sites is 1. The molecule has 1 aliphatic carbocycles. The Labute approximate surface area is 194 Å². The maximum absolute atomic E-state index is 15.0. The molecule has 0 spiro atoms. The first-order chi connectivity index (χ1) is 15.2. The highest BCUT2D eigenvalue weighted by Crippen LogP contribution is 2.37. The van der Waals surface area contributed by atoms with Crippen LogP contribution in [0.15, 0.2) is 54.6 Å². The standard InChI is InChI=1S/C27H39FO3Si/c1-27(2,3)32(4,5)30-18-17-22-13-9-10-14-25(22)31-26-16-15-23(19-24(26)28)29-20-21-11-7-6-8-12-21/h6-14,23-24,26H,15-20H2,1-5H3. The van der Waals surface area contributed by atoms with Gasteiger partial charge < -0.3 is 13.9 Å². The normalized spacial score (nSPS) is 22.0. The van der Waals surface area contributed by atoms with E-state index in [1.54, 1.807) is 0 Å². The highest BCUT2D eigenvalue weighted by Gasteiger charge is 2.37. The van der Waals surface area contributed by atoms with Crippen LogP contribution in [-0.2, 0) is 22.2 Å². The van der Waals surface area contributed by atoms with Gasteiger partial charge in [-0.3, -0.25) is 0 Å². The Morgan fingerprint density at radius 2 is 1.66 bits per heavy atom. The van der Waals surface area contributed by atoms with Crippen molar-refractivity contribution in [3.8, 4) is 5.75 Å².